The van der Waals surface area contributed by atoms with Crippen LogP contribution in [0.4, 0.5) is 5.69 Å². The van der Waals surface area contributed by atoms with Gasteiger partial charge in [-0.2, -0.15) is 4.31 Å². The number of nitrogens with zero attached hydrogens (tertiary/aromatic N) is 1. The van der Waals surface area contributed by atoms with Crippen molar-refractivity contribution >= 4 is 32.5 Å². The van der Waals surface area contributed by atoms with E-state index in [0.717, 1.165) is 47.8 Å². The molecule has 2 heterocycles. The van der Waals surface area contributed by atoms with Gasteiger partial charge in [0.25, 0.3) is 0 Å². The molecule has 0 aliphatic carbocycles. The Morgan fingerprint density at radius 1 is 0.967 bits per heavy atom. The molecule has 3 aromatic rings. The largest absolute Gasteiger partial charge is 0.361 e. The van der Waals surface area contributed by atoms with Crippen molar-refractivity contribution in [2.75, 3.05) is 18.4 Å². The van der Waals surface area contributed by atoms with Crippen molar-refractivity contribution in [2.24, 2.45) is 0 Å². The number of aromatic nitrogens is 1. The maximum Gasteiger partial charge on any atom is 0.243 e. The van der Waals surface area contributed by atoms with Crippen LogP contribution in [0, 0.1) is 0 Å². The Labute approximate surface area is 177 Å². The molecule has 1 aliphatic heterocycles. The van der Waals surface area contributed by atoms with Crippen LogP contribution < -0.4 is 5.32 Å². The minimum Gasteiger partial charge on any atom is -0.361 e. The van der Waals surface area contributed by atoms with Crippen LogP contribution in [0.25, 0.3) is 10.9 Å². The SMILES string of the molecule is O=C(CCc1ccc(S(=O)(=O)N2CCCCCC2)cc1)Nc1cccc2[nH]ccc12. The Morgan fingerprint density at radius 2 is 1.70 bits per heavy atom. The van der Waals surface area contributed by atoms with Gasteiger partial charge in [0.05, 0.1) is 10.6 Å². The van der Waals surface area contributed by atoms with Crippen LogP contribution in [0.1, 0.15) is 37.7 Å². The van der Waals surface area contributed by atoms with Gasteiger partial charge in [-0.05, 0) is 55.2 Å². The molecule has 1 aromatic heterocycles. The third-order valence-electron chi connectivity index (χ3n) is 5.64. The zero-order valence-electron chi connectivity index (χ0n) is 16.9. The Balaban J connectivity index is 1.36. The lowest BCUT2D eigenvalue weighted by Gasteiger charge is -2.20. The van der Waals surface area contributed by atoms with Gasteiger partial charge in [-0.25, -0.2) is 8.42 Å². The number of aryl methyl sites for hydroxylation is 1. The minimum atomic E-state index is -3.44. The van der Waals surface area contributed by atoms with E-state index in [1.807, 2.05) is 42.6 Å². The maximum atomic E-state index is 12.9. The molecule has 0 unspecified atom stereocenters. The highest BCUT2D eigenvalue weighted by atomic mass is 32.2. The number of nitrogens with one attached hydrogen (secondary N) is 2. The Kier molecular flexibility index (Phi) is 6.20. The third-order valence-corrected chi connectivity index (χ3v) is 7.55. The second-order valence-electron chi connectivity index (χ2n) is 7.75. The summed E-state index contributed by atoms with van der Waals surface area (Å²) in [5.74, 6) is -0.0648. The number of H-pyrrole nitrogens is 1. The second kappa shape index (κ2) is 9.02. The summed E-state index contributed by atoms with van der Waals surface area (Å²) in [6.45, 7) is 1.19. The smallest absolute Gasteiger partial charge is 0.243 e. The van der Waals surface area contributed by atoms with E-state index in [1.54, 1.807) is 16.4 Å². The van der Waals surface area contributed by atoms with E-state index < -0.39 is 10.0 Å². The van der Waals surface area contributed by atoms with Gasteiger partial charge >= 0.3 is 0 Å². The molecule has 0 bridgehead atoms. The Morgan fingerprint density at radius 3 is 2.43 bits per heavy atom. The fourth-order valence-electron chi connectivity index (χ4n) is 3.92. The fourth-order valence-corrected chi connectivity index (χ4v) is 5.44. The van der Waals surface area contributed by atoms with Gasteiger partial charge < -0.3 is 10.3 Å². The first-order valence-corrected chi connectivity index (χ1v) is 11.9. The number of rotatable bonds is 6. The van der Waals surface area contributed by atoms with Crippen molar-refractivity contribution in [3.8, 4) is 0 Å². The van der Waals surface area contributed by atoms with E-state index >= 15 is 0 Å². The van der Waals surface area contributed by atoms with Gasteiger partial charge in [-0.1, -0.05) is 31.0 Å². The van der Waals surface area contributed by atoms with Crippen LogP contribution in [0.2, 0.25) is 0 Å². The van der Waals surface area contributed by atoms with E-state index in [9.17, 15) is 13.2 Å². The number of hydrogen-bond acceptors (Lipinski definition) is 3. The van der Waals surface area contributed by atoms with E-state index in [0.29, 0.717) is 30.8 Å². The van der Waals surface area contributed by atoms with Crippen molar-refractivity contribution in [1.82, 2.24) is 9.29 Å². The number of anilines is 1. The van der Waals surface area contributed by atoms with Crippen molar-refractivity contribution in [1.29, 1.82) is 0 Å². The minimum absolute atomic E-state index is 0.0648. The van der Waals surface area contributed by atoms with E-state index in [1.165, 1.54) is 0 Å². The van der Waals surface area contributed by atoms with Gasteiger partial charge in [0, 0.05) is 36.6 Å². The highest BCUT2D eigenvalue weighted by Crippen LogP contribution is 2.23. The number of fused-ring (bicyclic) bond motifs is 1. The van der Waals surface area contributed by atoms with Crippen LogP contribution in [-0.4, -0.2) is 36.7 Å². The van der Waals surface area contributed by atoms with E-state index in [4.69, 9.17) is 0 Å². The summed E-state index contributed by atoms with van der Waals surface area (Å²) in [5.41, 5.74) is 2.71. The average Bonchev–Trinajstić information content (AvgIpc) is 3.06. The first-order chi connectivity index (χ1) is 14.5. The molecule has 30 heavy (non-hydrogen) atoms. The first-order valence-electron chi connectivity index (χ1n) is 10.5. The summed E-state index contributed by atoms with van der Waals surface area (Å²) < 4.78 is 27.3. The topological polar surface area (TPSA) is 82.3 Å². The zero-order chi connectivity index (χ0) is 21.0. The Hall–Kier alpha value is -2.64. The van der Waals surface area contributed by atoms with Crippen LogP contribution >= 0.6 is 0 Å². The standard InChI is InChI=1S/C23H27N3O3S/c27-23(25-22-7-5-6-21-20(22)14-15-24-21)13-10-18-8-11-19(12-9-18)30(28,29)26-16-3-1-2-4-17-26/h5-9,11-12,14-15,24H,1-4,10,13,16-17H2,(H,25,27). The lowest BCUT2D eigenvalue weighted by molar-refractivity contribution is -0.116. The van der Waals surface area contributed by atoms with Crippen molar-refractivity contribution < 1.29 is 13.2 Å². The predicted molar refractivity (Wildman–Crippen MR) is 119 cm³/mol. The molecule has 0 spiro atoms. The molecule has 7 heteroatoms. The first kappa shape index (κ1) is 20.6. The monoisotopic (exact) mass is 425 g/mol. The highest BCUT2D eigenvalue weighted by molar-refractivity contribution is 7.89. The molecule has 0 radical (unpaired) electrons. The summed E-state index contributed by atoms with van der Waals surface area (Å²) >= 11 is 0. The summed E-state index contributed by atoms with van der Waals surface area (Å²) in [5, 5.41) is 3.94. The van der Waals surface area contributed by atoms with E-state index in [-0.39, 0.29) is 5.91 Å². The molecule has 1 saturated heterocycles. The molecule has 4 rings (SSSR count). The average molecular weight is 426 g/mol. The van der Waals surface area contributed by atoms with Crippen molar-refractivity contribution in [2.45, 2.75) is 43.4 Å². The quantitative estimate of drug-likeness (QED) is 0.618. The van der Waals surface area contributed by atoms with Crippen LogP contribution in [0.3, 0.4) is 0 Å². The fraction of sp³-hybridized carbons (Fsp3) is 0.348. The number of amides is 1. The van der Waals surface area contributed by atoms with Crippen LogP contribution in [-0.2, 0) is 21.2 Å². The maximum absolute atomic E-state index is 12.9. The third kappa shape index (κ3) is 4.57. The number of carbonyl (C=O) groups is 1. The zero-order valence-corrected chi connectivity index (χ0v) is 17.7. The molecule has 0 saturated carbocycles. The van der Waals surface area contributed by atoms with Gasteiger partial charge in [-0.3, -0.25) is 4.79 Å². The molecule has 2 N–H and O–H groups in total. The molecule has 158 valence electrons. The van der Waals surface area contributed by atoms with Crippen molar-refractivity contribution in [3.05, 3.63) is 60.3 Å². The van der Waals surface area contributed by atoms with Crippen LogP contribution in [0.15, 0.2) is 59.6 Å². The number of benzene rings is 2. The van der Waals surface area contributed by atoms with Crippen molar-refractivity contribution in [3.63, 3.8) is 0 Å². The van der Waals surface area contributed by atoms with Crippen LogP contribution in [0.5, 0.6) is 0 Å². The van der Waals surface area contributed by atoms with Gasteiger partial charge in [0.1, 0.15) is 0 Å². The number of hydrogen-bond donors (Lipinski definition) is 2. The summed E-state index contributed by atoms with van der Waals surface area (Å²) in [7, 11) is -3.44. The molecule has 1 fully saturated rings. The van der Waals surface area contributed by atoms with Gasteiger partial charge in [0.2, 0.25) is 15.9 Å². The normalized spacial score (nSPS) is 15.7. The lowest BCUT2D eigenvalue weighted by Crippen LogP contribution is -2.31. The lowest BCUT2D eigenvalue weighted by atomic mass is 10.1. The molecule has 2 aromatic carbocycles. The van der Waals surface area contributed by atoms with E-state index in [2.05, 4.69) is 10.3 Å². The molecule has 0 atom stereocenters. The molecule has 6 nitrogen and oxygen atoms in total. The second-order valence-corrected chi connectivity index (χ2v) is 9.69. The number of sulfonamides is 1. The molecule has 1 amide bonds. The van der Waals surface area contributed by atoms with Gasteiger partial charge in [0.15, 0.2) is 0 Å². The number of aromatic amines is 1. The summed E-state index contributed by atoms with van der Waals surface area (Å²) in [6, 6.07) is 14.6. The number of carbonyl (C=O) groups excluding carboxylic acids is 1. The predicted octanol–water partition coefficient (Wildman–Crippen LogP) is 4.30. The Bertz CT molecular complexity index is 1110. The summed E-state index contributed by atoms with van der Waals surface area (Å²) in [4.78, 5) is 15.9. The van der Waals surface area contributed by atoms with Gasteiger partial charge in [-0.15, -0.1) is 0 Å². The molecule has 1 aliphatic rings. The molecular weight excluding hydrogens is 398 g/mol. The summed E-state index contributed by atoms with van der Waals surface area (Å²) in [6.07, 6.45) is 6.75. The molecular formula is C23H27N3O3S. The highest BCUT2D eigenvalue weighted by Gasteiger charge is 2.24.